The quantitative estimate of drug-likeness (QED) is 0.743. The third-order valence-electron chi connectivity index (χ3n) is 3.30. The van der Waals surface area contributed by atoms with Gasteiger partial charge in [0.25, 0.3) is 0 Å². The summed E-state index contributed by atoms with van der Waals surface area (Å²) in [4.78, 5) is 4.28. The molecule has 18 heavy (non-hydrogen) atoms. The van der Waals surface area contributed by atoms with Gasteiger partial charge in [-0.3, -0.25) is 0 Å². The van der Waals surface area contributed by atoms with Crippen molar-refractivity contribution in [3.8, 4) is 5.88 Å². The number of aliphatic hydroxyl groups is 1. The molecule has 0 spiro atoms. The third-order valence-corrected chi connectivity index (χ3v) is 3.30. The van der Waals surface area contributed by atoms with Gasteiger partial charge in [0.1, 0.15) is 5.82 Å². The first-order valence-corrected chi connectivity index (χ1v) is 6.48. The highest BCUT2D eigenvalue weighted by atomic mass is 16.5. The van der Waals surface area contributed by atoms with Gasteiger partial charge in [0, 0.05) is 6.54 Å². The predicted molar refractivity (Wildman–Crippen MR) is 71.7 cm³/mol. The van der Waals surface area contributed by atoms with Crippen LogP contribution in [0.3, 0.4) is 0 Å². The molecule has 1 aromatic rings. The van der Waals surface area contributed by atoms with E-state index in [-0.39, 0.29) is 0 Å². The maximum absolute atomic E-state index is 10.2. The lowest BCUT2D eigenvalue weighted by atomic mass is 10.0. The van der Waals surface area contributed by atoms with Crippen LogP contribution in [0.15, 0.2) is 12.1 Å². The zero-order valence-corrected chi connectivity index (χ0v) is 10.8. The number of ether oxygens (including phenoxy) is 1. The van der Waals surface area contributed by atoms with Crippen molar-refractivity contribution in [2.75, 3.05) is 24.2 Å². The lowest BCUT2D eigenvalue weighted by Crippen LogP contribution is -2.33. The summed E-state index contributed by atoms with van der Waals surface area (Å²) in [5.41, 5.74) is 5.70. The molecular weight excluding hydrogens is 230 g/mol. The molecule has 1 saturated carbocycles. The first-order chi connectivity index (χ1) is 8.63. The topological polar surface area (TPSA) is 80.4 Å². The van der Waals surface area contributed by atoms with E-state index in [1.165, 1.54) is 0 Å². The van der Waals surface area contributed by atoms with Crippen molar-refractivity contribution in [2.24, 2.45) is 0 Å². The van der Waals surface area contributed by atoms with E-state index in [4.69, 9.17) is 10.5 Å². The van der Waals surface area contributed by atoms with Gasteiger partial charge in [-0.1, -0.05) is 12.8 Å². The number of aromatic nitrogens is 1. The van der Waals surface area contributed by atoms with E-state index in [1.54, 1.807) is 12.1 Å². The van der Waals surface area contributed by atoms with Crippen molar-refractivity contribution in [1.82, 2.24) is 4.98 Å². The highest BCUT2D eigenvalue weighted by Gasteiger charge is 2.30. The van der Waals surface area contributed by atoms with Gasteiger partial charge < -0.3 is 20.9 Å². The van der Waals surface area contributed by atoms with E-state index in [2.05, 4.69) is 10.3 Å². The Morgan fingerprint density at radius 1 is 1.44 bits per heavy atom. The first-order valence-electron chi connectivity index (χ1n) is 6.48. The fraction of sp³-hybridized carbons (Fsp3) is 0.615. The standard InChI is InChI=1S/C13H21N3O2/c1-2-18-12-10(14)5-6-11(16-12)15-9-13(17)7-3-4-8-13/h5-6,17H,2-4,7-9,14H2,1H3,(H,15,16). The number of nitrogens with zero attached hydrogens (tertiary/aromatic N) is 1. The lowest BCUT2D eigenvalue weighted by Gasteiger charge is -2.22. The molecule has 0 atom stereocenters. The van der Waals surface area contributed by atoms with Crippen LogP contribution in [0, 0.1) is 0 Å². The van der Waals surface area contributed by atoms with Gasteiger partial charge in [-0.05, 0) is 31.9 Å². The van der Waals surface area contributed by atoms with Crippen LogP contribution in [0.5, 0.6) is 5.88 Å². The number of hydrogen-bond acceptors (Lipinski definition) is 5. The second-order valence-electron chi connectivity index (χ2n) is 4.81. The van der Waals surface area contributed by atoms with Crippen molar-refractivity contribution in [1.29, 1.82) is 0 Å². The Kier molecular flexibility index (Phi) is 3.91. The number of nitrogen functional groups attached to an aromatic ring is 1. The van der Waals surface area contributed by atoms with Crippen LogP contribution in [-0.2, 0) is 0 Å². The van der Waals surface area contributed by atoms with Gasteiger partial charge in [-0.25, -0.2) is 0 Å². The number of hydrogen-bond donors (Lipinski definition) is 3. The zero-order chi connectivity index (χ0) is 13.0. The molecule has 1 aliphatic rings. The summed E-state index contributed by atoms with van der Waals surface area (Å²) >= 11 is 0. The molecule has 0 radical (unpaired) electrons. The fourth-order valence-corrected chi connectivity index (χ4v) is 2.27. The summed E-state index contributed by atoms with van der Waals surface area (Å²) < 4.78 is 5.34. The Labute approximate surface area is 107 Å². The molecule has 0 bridgehead atoms. The minimum Gasteiger partial charge on any atom is -0.476 e. The van der Waals surface area contributed by atoms with E-state index in [1.807, 2.05) is 6.92 Å². The molecule has 1 aromatic heterocycles. The average molecular weight is 251 g/mol. The Hall–Kier alpha value is -1.49. The summed E-state index contributed by atoms with van der Waals surface area (Å²) in [6.45, 7) is 2.95. The molecule has 100 valence electrons. The Morgan fingerprint density at radius 3 is 2.83 bits per heavy atom. The first kappa shape index (κ1) is 13.0. The van der Waals surface area contributed by atoms with E-state index < -0.39 is 5.60 Å². The molecule has 2 rings (SSSR count). The fourth-order valence-electron chi connectivity index (χ4n) is 2.27. The maximum Gasteiger partial charge on any atom is 0.239 e. The normalized spacial score (nSPS) is 17.7. The molecule has 0 saturated heterocycles. The van der Waals surface area contributed by atoms with Gasteiger partial charge in [0.15, 0.2) is 0 Å². The maximum atomic E-state index is 10.2. The minimum atomic E-state index is -0.588. The number of pyridine rings is 1. The Balaban J connectivity index is 1.98. The lowest BCUT2D eigenvalue weighted by molar-refractivity contribution is 0.0614. The number of anilines is 2. The summed E-state index contributed by atoms with van der Waals surface area (Å²) in [5, 5.41) is 13.4. The highest BCUT2D eigenvalue weighted by Crippen LogP contribution is 2.30. The van der Waals surface area contributed by atoms with E-state index in [9.17, 15) is 5.11 Å². The van der Waals surface area contributed by atoms with Crippen LogP contribution in [0.1, 0.15) is 32.6 Å². The number of nitrogens with one attached hydrogen (secondary N) is 1. The van der Waals surface area contributed by atoms with Gasteiger partial charge in [0.05, 0.1) is 17.9 Å². The van der Waals surface area contributed by atoms with Crippen molar-refractivity contribution < 1.29 is 9.84 Å². The highest BCUT2D eigenvalue weighted by molar-refractivity contribution is 5.53. The smallest absolute Gasteiger partial charge is 0.239 e. The summed E-state index contributed by atoms with van der Waals surface area (Å²) in [6, 6.07) is 3.56. The van der Waals surface area contributed by atoms with Gasteiger partial charge in [-0.2, -0.15) is 4.98 Å². The van der Waals surface area contributed by atoms with Crippen LogP contribution in [0.4, 0.5) is 11.5 Å². The molecule has 1 fully saturated rings. The van der Waals surface area contributed by atoms with Crippen molar-refractivity contribution in [2.45, 2.75) is 38.2 Å². The minimum absolute atomic E-state index is 0.445. The van der Waals surface area contributed by atoms with Gasteiger partial charge >= 0.3 is 0 Å². The van der Waals surface area contributed by atoms with Crippen molar-refractivity contribution in [3.63, 3.8) is 0 Å². The van der Waals surface area contributed by atoms with Gasteiger partial charge in [-0.15, -0.1) is 0 Å². The molecule has 5 heteroatoms. The summed E-state index contributed by atoms with van der Waals surface area (Å²) in [7, 11) is 0. The van der Waals surface area contributed by atoms with Crippen LogP contribution >= 0.6 is 0 Å². The van der Waals surface area contributed by atoms with Crippen LogP contribution < -0.4 is 15.8 Å². The predicted octanol–water partition coefficient (Wildman–Crippen LogP) is 1.78. The van der Waals surface area contributed by atoms with Crippen LogP contribution in [-0.4, -0.2) is 28.8 Å². The van der Waals surface area contributed by atoms with E-state index in [0.717, 1.165) is 25.7 Å². The molecule has 0 aromatic carbocycles. The van der Waals surface area contributed by atoms with E-state index >= 15 is 0 Å². The molecule has 1 heterocycles. The molecule has 4 N–H and O–H groups in total. The molecule has 5 nitrogen and oxygen atoms in total. The summed E-state index contributed by atoms with van der Waals surface area (Å²) in [6.07, 6.45) is 3.90. The Bertz CT molecular complexity index is 403. The van der Waals surface area contributed by atoms with Crippen LogP contribution in [0.25, 0.3) is 0 Å². The molecule has 0 unspecified atom stereocenters. The Morgan fingerprint density at radius 2 is 2.17 bits per heavy atom. The molecule has 1 aliphatic carbocycles. The largest absolute Gasteiger partial charge is 0.476 e. The van der Waals surface area contributed by atoms with Crippen LogP contribution in [0.2, 0.25) is 0 Å². The van der Waals surface area contributed by atoms with Crippen molar-refractivity contribution in [3.05, 3.63) is 12.1 Å². The number of nitrogens with two attached hydrogens (primary N) is 1. The van der Waals surface area contributed by atoms with E-state index in [0.29, 0.717) is 30.5 Å². The number of rotatable bonds is 5. The molecule has 0 aliphatic heterocycles. The average Bonchev–Trinajstić information content (AvgIpc) is 2.78. The summed E-state index contributed by atoms with van der Waals surface area (Å²) in [5.74, 6) is 1.13. The third kappa shape index (κ3) is 3.04. The second kappa shape index (κ2) is 5.44. The second-order valence-corrected chi connectivity index (χ2v) is 4.81. The van der Waals surface area contributed by atoms with Crippen molar-refractivity contribution >= 4 is 11.5 Å². The monoisotopic (exact) mass is 251 g/mol. The van der Waals surface area contributed by atoms with Gasteiger partial charge in [0.2, 0.25) is 5.88 Å². The zero-order valence-electron chi connectivity index (χ0n) is 10.8. The molecule has 0 amide bonds. The molecular formula is C13H21N3O2. The SMILES string of the molecule is CCOc1nc(NCC2(O)CCCC2)ccc1N.